The fourth-order valence-corrected chi connectivity index (χ4v) is 3.85. The third-order valence-electron chi connectivity index (χ3n) is 5.36. The standard InChI is InChI=1S/C23H25N3O3/c1-17-24-20-15-18(11-12-21(20)26(17)19-9-5-4-6-10-19)23(28)29-16-22(27)25-13-7-2-3-8-14-25/h4-6,9-12,15H,2-3,7-8,13-14,16H2,1H3. The van der Waals surface area contributed by atoms with Crippen LogP contribution < -0.4 is 0 Å². The number of carbonyl (C=O) groups is 2. The number of imidazole rings is 1. The highest BCUT2D eigenvalue weighted by Gasteiger charge is 2.18. The van der Waals surface area contributed by atoms with Crippen molar-refractivity contribution in [3.8, 4) is 5.69 Å². The largest absolute Gasteiger partial charge is 0.452 e. The number of benzene rings is 2. The van der Waals surface area contributed by atoms with E-state index in [1.807, 2.05) is 47.9 Å². The van der Waals surface area contributed by atoms with Crippen LogP contribution in [0, 0.1) is 6.92 Å². The van der Waals surface area contributed by atoms with Crippen LogP contribution in [0.2, 0.25) is 0 Å². The van der Waals surface area contributed by atoms with Crippen LogP contribution in [0.5, 0.6) is 0 Å². The first-order valence-corrected chi connectivity index (χ1v) is 10.1. The van der Waals surface area contributed by atoms with Gasteiger partial charge in [0, 0.05) is 18.8 Å². The number of rotatable bonds is 4. The predicted molar refractivity (Wildman–Crippen MR) is 111 cm³/mol. The first-order chi connectivity index (χ1) is 14.1. The van der Waals surface area contributed by atoms with E-state index in [2.05, 4.69) is 4.98 Å². The first-order valence-electron chi connectivity index (χ1n) is 10.1. The minimum atomic E-state index is -0.498. The van der Waals surface area contributed by atoms with E-state index in [0.717, 1.165) is 61.3 Å². The minimum absolute atomic E-state index is 0.120. The van der Waals surface area contributed by atoms with Gasteiger partial charge in [-0.3, -0.25) is 9.36 Å². The Morgan fingerprint density at radius 3 is 2.45 bits per heavy atom. The molecule has 4 rings (SSSR count). The molecule has 0 radical (unpaired) electrons. The number of nitrogens with zero attached hydrogens (tertiary/aromatic N) is 3. The molecule has 1 fully saturated rings. The number of hydrogen-bond donors (Lipinski definition) is 0. The van der Waals surface area contributed by atoms with Crippen LogP contribution in [-0.4, -0.2) is 46.0 Å². The predicted octanol–water partition coefficient (Wildman–Crippen LogP) is 3.89. The van der Waals surface area contributed by atoms with E-state index in [1.54, 1.807) is 17.0 Å². The van der Waals surface area contributed by atoms with Crippen LogP contribution in [0.15, 0.2) is 48.5 Å². The summed E-state index contributed by atoms with van der Waals surface area (Å²) < 4.78 is 7.34. The maximum Gasteiger partial charge on any atom is 0.338 e. The molecule has 0 atom stereocenters. The molecule has 1 aliphatic rings. The van der Waals surface area contributed by atoms with E-state index in [1.165, 1.54) is 0 Å². The topological polar surface area (TPSA) is 64.4 Å². The second-order valence-electron chi connectivity index (χ2n) is 7.40. The van der Waals surface area contributed by atoms with E-state index in [0.29, 0.717) is 5.56 Å². The number of fused-ring (bicyclic) bond motifs is 1. The molecule has 1 aromatic heterocycles. The summed E-state index contributed by atoms with van der Waals surface area (Å²) in [5.41, 5.74) is 3.07. The molecule has 0 unspecified atom stereocenters. The summed E-state index contributed by atoms with van der Waals surface area (Å²) in [6, 6.07) is 15.3. The Morgan fingerprint density at radius 2 is 1.72 bits per heavy atom. The Labute approximate surface area is 170 Å². The average molecular weight is 391 g/mol. The van der Waals surface area contributed by atoms with E-state index >= 15 is 0 Å². The molecule has 3 aromatic rings. The molecule has 1 amide bonds. The van der Waals surface area contributed by atoms with Crippen LogP contribution in [-0.2, 0) is 9.53 Å². The van der Waals surface area contributed by atoms with Gasteiger partial charge in [0.25, 0.3) is 5.91 Å². The van der Waals surface area contributed by atoms with E-state index in [4.69, 9.17) is 4.74 Å². The number of likely N-dealkylation sites (tertiary alicyclic amines) is 1. The Kier molecular flexibility index (Phi) is 5.60. The van der Waals surface area contributed by atoms with Gasteiger partial charge in [0.05, 0.1) is 16.6 Å². The number of ether oxygens (including phenoxy) is 1. The summed E-state index contributed by atoms with van der Waals surface area (Å²) in [4.78, 5) is 31.2. The van der Waals surface area contributed by atoms with Crippen LogP contribution >= 0.6 is 0 Å². The normalized spacial score (nSPS) is 14.6. The molecule has 1 saturated heterocycles. The molecule has 0 saturated carbocycles. The fourth-order valence-electron chi connectivity index (χ4n) is 3.85. The van der Waals surface area contributed by atoms with Crippen LogP contribution in [0.1, 0.15) is 41.9 Å². The van der Waals surface area contributed by atoms with Gasteiger partial charge in [-0.15, -0.1) is 0 Å². The molecule has 6 heteroatoms. The summed E-state index contributed by atoms with van der Waals surface area (Å²) >= 11 is 0. The van der Waals surface area contributed by atoms with Crippen molar-refractivity contribution < 1.29 is 14.3 Å². The third-order valence-corrected chi connectivity index (χ3v) is 5.36. The zero-order chi connectivity index (χ0) is 20.2. The summed E-state index contributed by atoms with van der Waals surface area (Å²) in [7, 11) is 0. The van der Waals surface area contributed by atoms with Crippen LogP contribution in [0.3, 0.4) is 0 Å². The molecule has 2 heterocycles. The van der Waals surface area contributed by atoms with Gasteiger partial charge in [-0.2, -0.15) is 0 Å². The summed E-state index contributed by atoms with van der Waals surface area (Å²) in [6.07, 6.45) is 4.33. The lowest BCUT2D eigenvalue weighted by molar-refractivity contribution is -0.134. The van der Waals surface area contributed by atoms with Gasteiger partial charge >= 0.3 is 5.97 Å². The molecule has 1 aliphatic heterocycles. The SMILES string of the molecule is Cc1nc2cc(C(=O)OCC(=O)N3CCCCCC3)ccc2n1-c1ccccc1. The Balaban J connectivity index is 1.48. The number of hydrogen-bond acceptors (Lipinski definition) is 4. The fraction of sp³-hybridized carbons (Fsp3) is 0.348. The molecule has 0 spiro atoms. The van der Waals surface area contributed by atoms with Gasteiger partial charge in [0.15, 0.2) is 6.61 Å². The Morgan fingerprint density at radius 1 is 1.00 bits per heavy atom. The molecule has 0 N–H and O–H groups in total. The minimum Gasteiger partial charge on any atom is -0.452 e. The van der Waals surface area contributed by atoms with Crippen molar-refractivity contribution in [1.29, 1.82) is 0 Å². The lowest BCUT2D eigenvalue weighted by atomic mass is 10.2. The zero-order valence-electron chi connectivity index (χ0n) is 16.6. The quantitative estimate of drug-likeness (QED) is 0.633. The third kappa shape index (κ3) is 4.16. The number of para-hydroxylation sites is 1. The highest BCUT2D eigenvalue weighted by molar-refractivity contribution is 5.95. The van der Waals surface area contributed by atoms with Crippen molar-refractivity contribution in [3.05, 3.63) is 59.9 Å². The molecule has 0 aliphatic carbocycles. The number of aromatic nitrogens is 2. The molecule has 0 bridgehead atoms. The van der Waals surface area contributed by atoms with E-state index in [-0.39, 0.29) is 12.5 Å². The van der Waals surface area contributed by atoms with Gasteiger partial charge in [0.1, 0.15) is 5.82 Å². The average Bonchev–Trinajstić information content (AvgIpc) is 2.90. The van der Waals surface area contributed by atoms with Crippen molar-refractivity contribution in [3.63, 3.8) is 0 Å². The lowest BCUT2D eigenvalue weighted by Crippen LogP contribution is -2.35. The number of aryl methyl sites for hydroxylation is 1. The first kappa shape index (κ1) is 19.2. The van der Waals surface area contributed by atoms with E-state index < -0.39 is 5.97 Å². The molecule has 29 heavy (non-hydrogen) atoms. The number of esters is 1. The second kappa shape index (κ2) is 8.47. The Bertz CT molecular complexity index is 1020. The maximum atomic E-state index is 12.5. The molecule has 6 nitrogen and oxygen atoms in total. The van der Waals surface area contributed by atoms with Crippen LogP contribution in [0.4, 0.5) is 0 Å². The monoisotopic (exact) mass is 391 g/mol. The number of carbonyl (C=O) groups excluding carboxylic acids is 2. The van der Waals surface area contributed by atoms with Crippen molar-refractivity contribution in [2.45, 2.75) is 32.6 Å². The van der Waals surface area contributed by atoms with Gasteiger partial charge in [-0.25, -0.2) is 9.78 Å². The van der Waals surface area contributed by atoms with Crippen LogP contribution in [0.25, 0.3) is 16.7 Å². The summed E-state index contributed by atoms with van der Waals surface area (Å²) in [6.45, 7) is 3.22. The number of amides is 1. The molecule has 150 valence electrons. The van der Waals surface area contributed by atoms with E-state index in [9.17, 15) is 9.59 Å². The van der Waals surface area contributed by atoms with Crippen molar-refractivity contribution in [2.24, 2.45) is 0 Å². The van der Waals surface area contributed by atoms with Gasteiger partial charge in [0.2, 0.25) is 0 Å². The van der Waals surface area contributed by atoms with Crippen molar-refractivity contribution in [2.75, 3.05) is 19.7 Å². The van der Waals surface area contributed by atoms with Crippen molar-refractivity contribution >= 4 is 22.9 Å². The summed E-state index contributed by atoms with van der Waals surface area (Å²) in [5, 5.41) is 0. The smallest absolute Gasteiger partial charge is 0.338 e. The maximum absolute atomic E-state index is 12.5. The lowest BCUT2D eigenvalue weighted by Gasteiger charge is -2.19. The van der Waals surface area contributed by atoms with Gasteiger partial charge in [-0.1, -0.05) is 31.0 Å². The van der Waals surface area contributed by atoms with Gasteiger partial charge < -0.3 is 9.64 Å². The second-order valence-corrected chi connectivity index (χ2v) is 7.40. The van der Waals surface area contributed by atoms with Gasteiger partial charge in [-0.05, 0) is 50.1 Å². The summed E-state index contributed by atoms with van der Waals surface area (Å²) in [5.74, 6) is 0.223. The Hall–Kier alpha value is -3.15. The highest BCUT2D eigenvalue weighted by atomic mass is 16.5. The molecular formula is C23H25N3O3. The zero-order valence-corrected chi connectivity index (χ0v) is 16.6. The highest BCUT2D eigenvalue weighted by Crippen LogP contribution is 2.22. The molecular weight excluding hydrogens is 366 g/mol. The molecule has 2 aromatic carbocycles. The van der Waals surface area contributed by atoms with Crippen molar-refractivity contribution in [1.82, 2.24) is 14.5 Å².